The number of aliphatic carboxylic acids is 1. The van der Waals surface area contributed by atoms with E-state index < -0.39 is 24.3 Å². The number of likely N-dealkylation sites (N-methyl/N-ethyl adjacent to an activating group) is 1. The molecule has 0 aliphatic rings. The van der Waals surface area contributed by atoms with Gasteiger partial charge in [-0.1, -0.05) is 144 Å². The molecule has 0 aliphatic carbocycles. The number of hydrogen-bond donors (Lipinski definition) is 1. The van der Waals surface area contributed by atoms with E-state index in [1.165, 1.54) is 25.7 Å². The van der Waals surface area contributed by atoms with Crippen molar-refractivity contribution in [2.45, 2.75) is 167 Å². The predicted octanol–water partition coefficient (Wildman–Crippen LogP) is 12.1. The fourth-order valence-electron chi connectivity index (χ4n) is 5.66. The molecule has 0 amide bonds. The van der Waals surface area contributed by atoms with Crippen molar-refractivity contribution < 1.29 is 42.9 Å². The summed E-state index contributed by atoms with van der Waals surface area (Å²) < 4.78 is 22.7. The predicted molar refractivity (Wildman–Crippen MR) is 244 cm³/mol. The van der Waals surface area contributed by atoms with E-state index >= 15 is 0 Å². The van der Waals surface area contributed by atoms with Crippen LogP contribution in [0.3, 0.4) is 0 Å². The lowest BCUT2D eigenvalue weighted by Crippen LogP contribution is -2.40. The molecule has 0 fully saturated rings. The molecule has 0 heterocycles. The average molecular weight is 827 g/mol. The Bertz CT molecular complexity index is 1240. The minimum Gasteiger partial charge on any atom is -0.477 e. The van der Waals surface area contributed by atoms with Crippen molar-refractivity contribution in [2.75, 3.05) is 47.5 Å². The Kier molecular flexibility index (Phi) is 38.7. The van der Waals surface area contributed by atoms with Crippen LogP contribution in [0.15, 0.2) is 85.1 Å². The summed E-state index contributed by atoms with van der Waals surface area (Å²) in [6, 6.07) is 0. The largest absolute Gasteiger partial charge is 0.477 e. The normalized spacial score (nSPS) is 13.7. The zero-order valence-corrected chi connectivity index (χ0v) is 37.9. The van der Waals surface area contributed by atoms with E-state index in [0.717, 1.165) is 89.9 Å². The first-order valence-electron chi connectivity index (χ1n) is 22.8. The van der Waals surface area contributed by atoms with Gasteiger partial charge in [0, 0.05) is 12.8 Å². The molecule has 0 aromatic carbocycles. The standard InChI is InChI=1S/C50H83NO8/c1-6-8-10-12-14-16-18-20-21-22-23-24-25-26-27-29-31-33-35-37-39-41-48(53)59-46(45-58-50(49(54)55)56-43-42-51(3,4)5)44-57-47(52)40-38-36-34-32-30-28-19-17-15-13-11-9-7-2/h8-11,14-17,20-21,23-24,28,30,46,50H,6-7,12-13,18-19,22,25-27,29,31-45H2,1-5H3/p+1/b10-8-,11-9-,16-14-,17-15-,21-20-,24-23-,30-28-. The fraction of sp³-hybridized carbons (Fsp3) is 0.660. The van der Waals surface area contributed by atoms with Crippen LogP contribution in [0.2, 0.25) is 0 Å². The second kappa shape index (κ2) is 41.2. The van der Waals surface area contributed by atoms with Gasteiger partial charge in [0.2, 0.25) is 0 Å². The van der Waals surface area contributed by atoms with Crippen molar-refractivity contribution >= 4 is 17.9 Å². The smallest absolute Gasteiger partial charge is 0.361 e. The Morgan fingerprint density at radius 3 is 1.37 bits per heavy atom. The number of carbonyl (C=O) groups excluding carboxylic acids is 2. The molecule has 2 unspecified atom stereocenters. The van der Waals surface area contributed by atoms with Gasteiger partial charge in [-0.25, -0.2) is 4.79 Å². The van der Waals surface area contributed by atoms with Gasteiger partial charge in [-0.2, -0.15) is 0 Å². The molecule has 336 valence electrons. The quantitative estimate of drug-likeness (QED) is 0.0214. The number of unbranched alkanes of at least 4 members (excludes halogenated alkanes) is 11. The van der Waals surface area contributed by atoms with Gasteiger partial charge < -0.3 is 28.5 Å². The first kappa shape index (κ1) is 55.5. The number of rotatable bonds is 40. The zero-order chi connectivity index (χ0) is 43.5. The minimum absolute atomic E-state index is 0.176. The number of carbonyl (C=O) groups is 3. The highest BCUT2D eigenvalue weighted by atomic mass is 16.7. The Hall–Kier alpha value is -3.53. The van der Waals surface area contributed by atoms with E-state index in [4.69, 9.17) is 18.9 Å². The van der Waals surface area contributed by atoms with Gasteiger partial charge in [0.1, 0.15) is 13.2 Å². The third-order valence-electron chi connectivity index (χ3n) is 9.15. The molecule has 0 bridgehead atoms. The van der Waals surface area contributed by atoms with E-state index in [1.54, 1.807) is 0 Å². The van der Waals surface area contributed by atoms with Gasteiger partial charge in [-0.15, -0.1) is 0 Å². The van der Waals surface area contributed by atoms with Crippen LogP contribution in [0, 0.1) is 0 Å². The molecule has 0 saturated carbocycles. The fourth-order valence-corrected chi connectivity index (χ4v) is 5.66. The van der Waals surface area contributed by atoms with Crippen LogP contribution in [-0.2, 0) is 33.3 Å². The van der Waals surface area contributed by atoms with Crippen LogP contribution in [0.25, 0.3) is 0 Å². The second-order valence-electron chi connectivity index (χ2n) is 15.9. The van der Waals surface area contributed by atoms with Crippen LogP contribution < -0.4 is 0 Å². The second-order valence-corrected chi connectivity index (χ2v) is 15.9. The number of allylic oxidation sites excluding steroid dienone is 14. The van der Waals surface area contributed by atoms with E-state index in [1.807, 2.05) is 21.1 Å². The van der Waals surface area contributed by atoms with Crippen LogP contribution >= 0.6 is 0 Å². The van der Waals surface area contributed by atoms with Crippen molar-refractivity contribution in [3.63, 3.8) is 0 Å². The Labute approximate surface area is 359 Å². The number of quaternary nitrogens is 1. The number of ether oxygens (including phenoxy) is 4. The lowest BCUT2D eigenvalue weighted by Gasteiger charge is -2.25. The molecule has 2 atom stereocenters. The Balaban J connectivity index is 4.46. The van der Waals surface area contributed by atoms with E-state index in [-0.39, 0.29) is 38.6 Å². The summed E-state index contributed by atoms with van der Waals surface area (Å²) in [4.78, 5) is 37.1. The molecule has 9 nitrogen and oxygen atoms in total. The Morgan fingerprint density at radius 1 is 0.508 bits per heavy atom. The third-order valence-corrected chi connectivity index (χ3v) is 9.15. The van der Waals surface area contributed by atoms with Gasteiger partial charge in [-0.3, -0.25) is 9.59 Å². The average Bonchev–Trinajstić information content (AvgIpc) is 3.19. The molecule has 0 saturated heterocycles. The highest BCUT2D eigenvalue weighted by molar-refractivity contribution is 5.71. The third kappa shape index (κ3) is 42.4. The van der Waals surface area contributed by atoms with E-state index in [0.29, 0.717) is 23.9 Å². The van der Waals surface area contributed by atoms with Crippen molar-refractivity contribution in [1.29, 1.82) is 0 Å². The molecule has 59 heavy (non-hydrogen) atoms. The minimum atomic E-state index is -1.52. The van der Waals surface area contributed by atoms with Crippen molar-refractivity contribution in [3.05, 3.63) is 85.1 Å². The molecular weight excluding hydrogens is 743 g/mol. The summed E-state index contributed by atoms with van der Waals surface area (Å²) in [7, 11) is 5.93. The number of carboxylic acids is 1. The summed E-state index contributed by atoms with van der Waals surface area (Å²) in [6.45, 7) is 4.57. The maximum absolute atomic E-state index is 12.8. The van der Waals surface area contributed by atoms with Crippen LogP contribution in [0.4, 0.5) is 0 Å². The summed E-state index contributed by atoms with van der Waals surface area (Å²) in [6.07, 6.45) is 49.3. The van der Waals surface area contributed by atoms with Crippen molar-refractivity contribution in [3.8, 4) is 0 Å². The summed E-state index contributed by atoms with van der Waals surface area (Å²) >= 11 is 0. The van der Waals surface area contributed by atoms with Gasteiger partial charge in [-0.05, 0) is 83.5 Å². The maximum Gasteiger partial charge on any atom is 0.361 e. The SMILES string of the molecule is CC/C=C\C/C=C\C/C=C\C/C=C\CCCCCCCCCCC(=O)OC(COC(=O)CCCCC/C=C\C/C=C\C/C=C\CC)COC(OCC[N+](C)(C)C)C(=O)O. The monoisotopic (exact) mass is 827 g/mol. The zero-order valence-electron chi connectivity index (χ0n) is 37.9. The van der Waals surface area contributed by atoms with E-state index in [2.05, 4.69) is 98.9 Å². The van der Waals surface area contributed by atoms with Crippen LogP contribution in [0.5, 0.6) is 0 Å². The molecule has 0 aromatic rings. The van der Waals surface area contributed by atoms with Crippen molar-refractivity contribution in [1.82, 2.24) is 0 Å². The molecule has 0 aromatic heterocycles. The van der Waals surface area contributed by atoms with Gasteiger partial charge in [0.25, 0.3) is 6.29 Å². The molecule has 1 N–H and O–H groups in total. The lowest BCUT2D eigenvalue weighted by atomic mass is 10.1. The molecule has 0 rings (SSSR count). The number of esters is 2. The number of nitrogens with zero attached hydrogens (tertiary/aromatic N) is 1. The lowest BCUT2D eigenvalue weighted by molar-refractivity contribution is -0.870. The first-order valence-corrected chi connectivity index (χ1v) is 22.8. The highest BCUT2D eigenvalue weighted by Crippen LogP contribution is 2.13. The van der Waals surface area contributed by atoms with Gasteiger partial charge >= 0.3 is 17.9 Å². The summed E-state index contributed by atoms with van der Waals surface area (Å²) in [5.41, 5.74) is 0. The number of carboxylic acid groups (broad SMARTS) is 1. The van der Waals surface area contributed by atoms with E-state index in [9.17, 15) is 19.5 Å². The first-order chi connectivity index (χ1) is 28.6. The topological polar surface area (TPSA) is 108 Å². The summed E-state index contributed by atoms with van der Waals surface area (Å²) in [5.74, 6) is -2.07. The molecule has 9 heteroatoms. The summed E-state index contributed by atoms with van der Waals surface area (Å²) in [5, 5.41) is 9.64. The Morgan fingerprint density at radius 2 is 0.915 bits per heavy atom. The van der Waals surface area contributed by atoms with Crippen LogP contribution in [0.1, 0.15) is 155 Å². The van der Waals surface area contributed by atoms with Gasteiger partial charge in [0.05, 0.1) is 34.4 Å². The van der Waals surface area contributed by atoms with Crippen LogP contribution in [-0.4, -0.2) is 87.4 Å². The van der Waals surface area contributed by atoms with Crippen molar-refractivity contribution in [2.24, 2.45) is 0 Å². The maximum atomic E-state index is 12.8. The molecule has 0 spiro atoms. The molecule has 0 radical (unpaired) electrons. The molecular formula is C50H84NO8+. The molecule has 0 aliphatic heterocycles. The number of hydrogen-bond acceptors (Lipinski definition) is 7. The highest BCUT2D eigenvalue weighted by Gasteiger charge is 2.25. The van der Waals surface area contributed by atoms with Gasteiger partial charge in [0.15, 0.2) is 6.10 Å².